The molecule has 1 rings (SSSR count). The Morgan fingerprint density at radius 3 is 2.56 bits per heavy atom. The van der Waals surface area contributed by atoms with Crippen LogP contribution in [0.5, 0.6) is 0 Å². The fraction of sp³-hybridized carbons (Fsp3) is 0.300. The van der Waals surface area contributed by atoms with E-state index in [-0.39, 0.29) is 22.9 Å². The molecule has 0 unspecified atom stereocenters. The first-order chi connectivity index (χ1) is 7.34. The Morgan fingerprint density at radius 1 is 1.44 bits per heavy atom. The molecule has 6 heteroatoms. The van der Waals surface area contributed by atoms with Crippen molar-refractivity contribution in [2.75, 3.05) is 11.6 Å². The molecule has 0 aliphatic rings. The minimum Gasteiger partial charge on any atom is -0.324 e. The lowest BCUT2D eigenvalue weighted by molar-refractivity contribution is -0.115. The van der Waals surface area contributed by atoms with Gasteiger partial charge in [0, 0.05) is 12.7 Å². The Morgan fingerprint density at radius 2 is 2.06 bits per heavy atom. The summed E-state index contributed by atoms with van der Waals surface area (Å²) in [5.41, 5.74) is -0.116. The van der Waals surface area contributed by atoms with E-state index in [0.717, 1.165) is 24.5 Å². The summed E-state index contributed by atoms with van der Waals surface area (Å²) in [4.78, 5) is 11.0. The van der Waals surface area contributed by atoms with Crippen LogP contribution in [0, 0.1) is 5.82 Å². The molecular formula is C10H12FNO3S. The van der Waals surface area contributed by atoms with Gasteiger partial charge in [0.2, 0.25) is 5.91 Å². The van der Waals surface area contributed by atoms with Gasteiger partial charge in [-0.25, -0.2) is 12.8 Å². The van der Waals surface area contributed by atoms with Crippen LogP contribution in [-0.2, 0) is 14.6 Å². The third-order valence-electron chi connectivity index (χ3n) is 1.96. The minimum absolute atomic E-state index is 0.0275. The zero-order valence-electron chi connectivity index (χ0n) is 8.95. The highest BCUT2D eigenvalue weighted by molar-refractivity contribution is 7.90. The van der Waals surface area contributed by atoms with Crippen LogP contribution in [0.1, 0.15) is 13.3 Å². The largest absolute Gasteiger partial charge is 0.324 e. The number of hydrogen-bond acceptors (Lipinski definition) is 3. The van der Waals surface area contributed by atoms with E-state index in [1.165, 1.54) is 0 Å². The molecule has 4 nitrogen and oxygen atoms in total. The summed E-state index contributed by atoms with van der Waals surface area (Å²) in [6.07, 6.45) is 1.22. The molecule has 0 saturated heterocycles. The molecule has 1 aromatic rings. The Kier molecular flexibility index (Phi) is 3.64. The highest BCUT2D eigenvalue weighted by Gasteiger charge is 2.12. The number of benzene rings is 1. The van der Waals surface area contributed by atoms with Crippen molar-refractivity contribution in [3.8, 4) is 0 Å². The number of amides is 1. The molecule has 1 N–H and O–H groups in total. The lowest BCUT2D eigenvalue weighted by Crippen LogP contribution is -2.11. The smallest absolute Gasteiger partial charge is 0.224 e. The van der Waals surface area contributed by atoms with Gasteiger partial charge >= 0.3 is 0 Å². The van der Waals surface area contributed by atoms with Gasteiger partial charge in [0.05, 0.1) is 10.6 Å². The van der Waals surface area contributed by atoms with Gasteiger partial charge in [-0.3, -0.25) is 4.79 Å². The van der Waals surface area contributed by atoms with E-state index < -0.39 is 15.7 Å². The number of carbonyl (C=O) groups is 1. The predicted octanol–water partition coefficient (Wildman–Crippen LogP) is 1.58. The van der Waals surface area contributed by atoms with Crippen LogP contribution in [0.4, 0.5) is 10.1 Å². The molecule has 0 aliphatic carbocycles. The molecule has 0 atom stereocenters. The summed E-state index contributed by atoms with van der Waals surface area (Å²) in [6.45, 7) is 1.62. The first-order valence-corrected chi connectivity index (χ1v) is 6.53. The summed E-state index contributed by atoms with van der Waals surface area (Å²) in [7, 11) is -3.40. The lowest BCUT2D eigenvalue weighted by atomic mass is 10.3. The van der Waals surface area contributed by atoms with E-state index in [9.17, 15) is 17.6 Å². The fourth-order valence-electron chi connectivity index (χ4n) is 1.07. The Hall–Kier alpha value is -1.43. The van der Waals surface area contributed by atoms with Gasteiger partial charge in [0.15, 0.2) is 9.84 Å². The monoisotopic (exact) mass is 245 g/mol. The second kappa shape index (κ2) is 4.61. The van der Waals surface area contributed by atoms with E-state index in [1.54, 1.807) is 6.92 Å². The molecule has 0 fully saturated rings. The third kappa shape index (κ3) is 3.03. The maximum atomic E-state index is 13.2. The van der Waals surface area contributed by atoms with Crippen molar-refractivity contribution < 1.29 is 17.6 Å². The van der Waals surface area contributed by atoms with Crippen LogP contribution >= 0.6 is 0 Å². The number of rotatable bonds is 3. The van der Waals surface area contributed by atoms with Gasteiger partial charge in [0.1, 0.15) is 5.82 Å². The molecule has 1 aromatic carbocycles. The van der Waals surface area contributed by atoms with Crippen LogP contribution in [0.2, 0.25) is 0 Å². The summed E-state index contributed by atoms with van der Waals surface area (Å²) < 4.78 is 35.7. The van der Waals surface area contributed by atoms with Crippen molar-refractivity contribution in [3.05, 3.63) is 24.0 Å². The van der Waals surface area contributed by atoms with Gasteiger partial charge in [0.25, 0.3) is 0 Å². The highest BCUT2D eigenvalue weighted by atomic mass is 32.2. The summed E-state index contributed by atoms with van der Waals surface area (Å²) >= 11 is 0. The van der Waals surface area contributed by atoms with Crippen molar-refractivity contribution in [2.45, 2.75) is 18.2 Å². The first kappa shape index (κ1) is 12.6. The molecule has 0 aromatic heterocycles. The van der Waals surface area contributed by atoms with E-state index in [1.807, 2.05) is 0 Å². The fourth-order valence-corrected chi connectivity index (χ4v) is 1.72. The number of hydrogen-bond donors (Lipinski definition) is 1. The van der Waals surface area contributed by atoms with Crippen molar-refractivity contribution >= 4 is 21.4 Å². The highest BCUT2D eigenvalue weighted by Crippen LogP contribution is 2.19. The molecule has 0 radical (unpaired) electrons. The van der Waals surface area contributed by atoms with Crippen molar-refractivity contribution in [1.29, 1.82) is 0 Å². The van der Waals surface area contributed by atoms with Gasteiger partial charge in [-0.2, -0.15) is 0 Å². The lowest BCUT2D eigenvalue weighted by Gasteiger charge is -2.06. The number of carbonyl (C=O) groups excluding carboxylic acids is 1. The average molecular weight is 245 g/mol. The molecular weight excluding hydrogens is 233 g/mol. The van der Waals surface area contributed by atoms with Crippen LogP contribution < -0.4 is 5.32 Å². The van der Waals surface area contributed by atoms with Crippen LogP contribution in [0.15, 0.2) is 23.1 Å². The van der Waals surface area contributed by atoms with Crippen molar-refractivity contribution in [3.63, 3.8) is 0 Å². The minimum atomic E-state index is -3.40. The topological polar surface area (TPSA) is 63.2 Å². The standard InChI is InChI=1S/C10H12FNO3S/c1-3-10(13)12-9-6-7(16(2,14)15)4-5-8(9)11/h4-6H,3H2,1-2H3,(H,12,13). The molecule has 88 valence electrons. The zero-order chi connectivity index (χ0) is 12.3. The van der Waals surface area contributed by atoms with Crippen molar-refractivity contribution in [1.82, 2.24) is 0 Å². The zero-order valence-corrected chi connectivity index (χ0v) is 9.77. The summed E-state index contributed by atoms with van der Waals surface area (Å²) in [6, 6.07) is 3.28. The molecule has 1 amide bonds. The van der Waals surface area contributed by atoms with Crippen LogP contribution in [0.3, 0.4) is 0 Å². The van der Waals surface area contributed by atoms with Gasteiger partial charge in [-0.1, -0.05) is 6.92 Å². The summed E-state index contributed by atoms with van der Waals surface area (Å²) in [5.74, 6) is -1.03. The van der Waals surface area contributed by atoms with Gasteiger partial charge in [-0.05, 0) is 18.2 Å². The number of halogens is 1. The van der Waals surface area contributed by atoms with Crippen LogP contribution in [-0.4, -0.2) is 20.6 Å². The number of nitrogens with one attached hydrogen (secondary N) is 1. The molecule has 0 spiro atoms. The predicted molar refractivity (Wildman–Crippen MR) is 58.4 cm³/mol. The van der Waals surface area contributed by atoms with Crippen LogP contribution in [0.25, 0.3) is 0 Å². The van der Waals surface area contributed by atoms with Gasteiger partial charge in [-0.15, -0.1) is 0 Å². The molecule has 0 saturated carbocycles. The number of sulfone groups is 1. The molecule has 0 heterocycles. The second-order valence-electron chi connectivity index (χ2n) is 3.32. The molecule has 0 aliphatic heterocycles. The Labute approximate surface area is 93.4 Å². The van der Waals surface area contributed by atoms with Gasteiger partial charge < -0.3 is 5.32 Å². The summed E-state index contributed by atoms with van der Waals surface area (Å²) in [5, 5.41) is 2.29. The quantitative estimate of drug-likeness (QED) is 0.822. The van der Waals surface area contributed by atoms with Crippen molar-refractivity contribution in [2.24, 2.45) is 0 Å². The normalized spacial score (nSPS) is 11.2. The number of anilines is 1. The first-order valence-electron chi connectivity index (χ1n) is 4.64. The maximum absolute atomic E-state index is 13.2. The SMILES string of the molecule is CCC(=O)Nc1cc(S(C)(=O)=O)ccc1F. The van der Waals surface area contributed by atoms with E-state index in [4.69, 9.17) is 0 Å². The Balaban J connectivity index is 3.14. The van der Waals surface area contributed by atoms with E-state index in [0.29, 0.717) is 0 Å². The second-order valence-corrected chi connectivity index (χ2v) is 5.33. The Bertz CT molecular complexity index is 511. The molecule has 0 bridgehead atoms. The van der Waals surface area contributed by atoms with E-state index in [2.05, 4.69) is 5.32 Å². The maximum Gasteiger partial charge on any atom is 0.224 e. The third-order valence-corrected chi connectivity index (χ3v) is 3.07. The van der Waals surface area contributed by atoms with E-state index >= 15 is 0 Å². The molecule has 16 heavy (non-hydrogen) atoms. The average Bonchev–Trinajstić information content (AvgIpc) is 2.19.